The summed E-state index contributed by atoms with van der Waals surface area (Å²) in [5.41, 5.74) is 24.4. The van der Waals surface area contributed by atoms with Crippen molar-refractivity contribution in [1.29, 1.82) is 10.5 Å². The Morgan fingerprint density at radius 1 is 0.307 bits per heavy atom. The Bertz CT molecular complexity index is 5160. The van der Waals surface area contributed by atoms with E-state index in [9.17, 15) is 10.5 Å². The molecule has 0 aliphatic carbocycles. The second kappa shape index (κ2) is 18.7. The number of hydrogen-bond acceptors (Lipinski definition) is 4. The number of nitriles is 2. The van der Waals surface area contributed by atoms with Crippen LogP contribution < -0.4 is 42.3 Å². The quantitative estimate of drug-likeness (QED) is 0.0944. The molecule has 0 radical (unpaired) electrons. The molecule has 0 saturated carbocycles. The molecule has 14 aromatic carbocycles. The molecule has 0 atom stereocenters. The van der Waals surface area contributed by atoms with Crippen LogP contribution in [0.2, 0.25) is 0 Å². The van der Waals surface area contributed by atoms with Crippen LogP contribution >= 0.6 is 0 Å². The molecule has 0 spiro atoms. The van der Waals surface area contributed by atoms with Gasteiger partial charge in [-0.05, 0) is 198 Å². The number of benzene rings is 14. The van der Waals surface area contributed by atoms with Crippen LogP contribution in [0.1, 0.15) is 11.1 Å². The summed E-state index contributed by atoms with van der Waals surface area (Å²) in [7, 11) is 0. The lowest BCUT2D eigenvalue weighted by Crippen LogP contribution is -2.58. The largest absolute Gasteiger partial charge is 0.461 e. The Morgan fingerprint density at radius 3 is 1.17 bits per heavy atom. The molecule has 6 nitrogen and oxygen atoms in total. The first-order valence-electron chi connectivity index (χ1n) is 29.4. The summed E-state index contributed by atoms with van der Waals surface area (Å²) >= 11 is 0. The first-order valence-corrected chi connectivity index (χ1v) is 29.4. The van der Waals surface area contributed by atoms with E-state index in [0.717, 1.165) is 154 Å². The number of hydrogen-bond donors (Lipinski definition) is 0. The van der Waals surface area contributed by atoms with E-state index in [0.29, 0.717) is 45.5 Å². The van der Waals surface area contributed by atoms with Crippen molar-refractivity contribution in [3.8, 4) is 124 Å². The zero-order chi connectivity index (χ0) is 58.5. The monoisotopic (exact) mass is 1110 g/mol. The standard InChI is InChI=1S/C80H40B2N4O2/c1-85-51-30-32-66-70(37-51)88-72-38-52(86-2)36-64-60-40-58(74-55(49-21-11-5-12-22-49)27-16-28-56(74)50-23-13-6-14-24-50)62-41-67-75-59(63-33-46(44-84)35-71-79(63)81(67)65-31-29-45(43-83)34-69(65)87-71)39-57(61-42-68(82(66)80(64)72)76(60)78(62)77(61)75)73-53(47-17-7-3-8-18-47)25-15-26-54(73)48-19-9-4-10-20-48/h3-42H. The van der Waals surface area contributed by atoms with E-state index in [-0.39, 0.29) is 13.4 Å². The summed E-state index contributed by atoms with van der Waals surface area (Å²) in [4.78, 5) is 8.01. The van der Waals surface area contributed by atoms with Crippen molar-refractivity contribution in [2.24, 2.45) is 0 Å². The van der Waals surface area contributed by atoms with Gasteiger partial charge < -0.3 is 9.47 Å². The van der Waals surface area contributed by atoms with Crippen LogP contribution in [0.25, 0.3) is 131 Å². The van der Waals surface area contributed by atoms with Gasteiger partial charge in [0.05, 0.1) is 36.4 Å². The summed E-state index contributed by atoms with van der Waals surface area (Å²) < 4.78 is 14.0. The molecule has 18 rings (SSSR count). The number of nitrogens with zero attached hydrogens (tertiary/aromatic N) is 4. The molecule has 0 saturated heterocycles. The zero-order valence-electron chi connectivity index (χ0n) is 46.9. The molecule has 0 aromatic heterocycles. The van der Waals surface area contributed by atoms with Crippen molar-refractivity contribution in [2.75, 3.05) is 0 Å². The third-order valence-electron chi connectivity index (χ3n) is 18.8. The van der Waals surface area contributed by atoms with Gasteiger partial charge in [0.15, 0.2) is 11.4 Å². The highest BCUT2D eigenvalue weighted by molar-refractivity contribution is 7.01. The van der Waals surface area contributed by atoms with Gasteiger partial charge in [0.1, 0.15) is 23.0 Å². The second-order valence-corrected chi connectivity index (χ2v) is 23.2. The minimum atomic E-state index is -0.378. The minimum Gasteiger partial charge on any atom is -0.461 e. The molecule has 398 valence electrons. The summed E-state index contributed by atoms with van der Waals surface area (Å²) in [5, 5.41) is 27.8. The van der Waals surface area contributed by atoms with E-state index in [1.54, 1.807) is 0 Å². The fraction of sp³-hybridized carbons (Fsp3) is 0. The maximum Gasteiger partial charge on any atom is 0.252 e. The van der Waals surface area contributed by atoms with Crippen molar-refractivity contribution in [3.05, 3.63) is 277 Å². The Morgan fingerprint density at radius 2 is 0.716 bits per heavy atom. The van der Waals surface area contributed by atoms with Crippen molar-refractivity contribution < 1.29 is 9.47 Å². The molecule has 4 aliphatic heterocycles. The van der Waals surface area contributed by atoms with Gasteiger partial charge in [0.25, 0.3) is 13.4 Å². The SMILES string of the molecule is [C-]#[N+]c1ccc2c(c1)Oc1cc([N+]#[C-])cc3c1B2c1cc2c(-c4c(-c5ccccc5)cccc4-c4ccccc4)cc4c5c(cc6c(-c7c(-c8ccccc8)cccc7-c7ccccc7)cc-3c1c6c25)B1c2ccc(C#N)cc2Oc2cc(C#N)cc-4c21. The first kappa shape index (κ1) is 49.3. The maximum absolute atomic E-state index is 11.0. The topological polar surface area (TPSA) is 74.8 Å². The van der Waals surface area contributed by atoms with Crippen molar-refractivity contribution in [3.63, 3.8) is 0 Å². The van der Waals surface area contributed by atoms with Crippen LogP contribution in [0, 0.1) is 35.8 Å². The van der Waals surface area contributed by atoms with Gasteiger partial charge in [-0.1, -0.05) is 199 Å². The first-order chi connectivity index (χ1) is 43.5. The predicted molar refractivity (Wildman–Crippen MR) is 358 cm³/mol. The van der Waals surface area contributed by atoms with Crippen molar-refractivity contribution >= 4 is 89.9 Å². The van der Waals surface area contributed by atoms with Crippen LogP contribution in [0.3, 0.4) is 0 Å². The molecular weight excluding hydrogens is 1070 g/mol. The van der Waals surface area contributed by atoms with E-state index < -0.39 is 0 Å². The van der Waals surface area contributed by atoms with Crippen LogP contribution in [-0.2, 0) is 0 Å². The lowest BCUT2D eigenvalue weighted by atomic mass is 9.31. The maximum atomic E-state index is 11.0. The third-order valence-corrected chi connectivity index (χ3v) is 18.8. The molecular formula is C80H40B2N4O2. The Labute approximate surface area is 507 Å². The molecule has 0 bridgehead atoms. The lowest BCUT2D eigenvalue weighted by molar-refractivity contribution is 0.487. The van der Waals surface area contributed by atoms with Gasteiger partial charge in [-0.25, -0.2) is 9.69 Å². The normalized spacial score (nSPS) is 12.4. The van der Waals surface area contributed by atoms with E-state index in [1.807, 2.05) is 36.4 Å². The highest BCUT2D eigenvalue weighted by atomic mass is 16.5. The van der Waals surface area contributed by atoms with Gasteiger partial charge >= 0.3 is 0 Å². The van der Waals surface area contributed by atoms with Crippen molar-refractivity contribution in [1.82, 2.24) is 0 Å². The summed E-state index contributed by atoms with van der Waals surface area (Å²) in [6.07, 6.45) is 0. The van der Waals surface area contributed by atoms with Crippen LogP contribution in [0.5, 0.6) is 23.0 Å². The number of ether oxygens (including phenoxy) is 2. The Kier molecular flexibility index (Phi) is 10.4. The van der Waals surface area contributed by atoms with E-state index in [1.165, 1.54) is 0 Å². The van der Waals surface area contributed by atoms with Crippen LogP contribution in [0.15, 0.2) is 243 Å². The number of rotatable bonds is 6. The molecule has 0 unspecified atom stereocenters. The average molecular weight is 1110 g/mol. The fourth-order valence-corrected chi connectivity index (χ4v) is 15.3. The lowest BCUT2D eigenvalue weighted by Gasteiger charge is -2.38. The van der Waals surface area contributed by atoms with Crippen LogP contribution in [-0.4, -0.2) is 13.4 Å². The average Bonchev–Trinajstić information content (AvgIpc) is 0.712. The van der Waals surface area contributed by atoms with Crippen molar-refractivity contribution in [2.45, 2.75) is 0 Å². The fourth-order valence-electron chi connectivity index (χ4n) is 15.3. The third kappa shape index (κ3) is 6.92. The Hall–Kier alpha value is -12.2. The highest BCUT2D eigenvalue weighted by Crippen LogP contribution is 2.55. The minimum absolute atomic E-state index is 0.370. The zero-order valence-corrected chi connectivity index (χ0v) is 46.9. The molecule has 14 aromatic rings. The highest BCUT2D eigenvalue weighted by Gasteiger charge is 2.45. The predicted octanol–water partition coefficient (Wildman–Crippen LogP) is 16.6. The van der Waals surface area contributed by atoms with E-state index >= 15 is 0 Å². The van der Waals surface area contributed by atoms with Gasteiger partial charge in [-0.3, -0.25) is 0 Å². The van der Waals surface area contributed by atoms with Gasteiger partial charge in [-0.15, -0.1) is 0 Å². The molecule has 0 N–H and O–H groups in total. The van der Waals surface area contributed by atoms with E-state index in [4.69, 9.17) is 22.6 Å². The van der Waals surface area contributed by atoms with E-state index in [2.05, 4.69) is 228 Å². The molecule has 88 heavy (non-hydrogen) atoms. The molecule has 4 aliphatic rings. The van der Waals surface area contributed by atoms with Gasteiger partial charge in [-0.2, -0.15) is 10.5 Å². The Balaban J connectivity index is 1.12. The smallest absolute Gasteiger partial charge is 0.252 e. The van der Waals surface area contributed by atoms with Gasteiger partial charge in [0.2, 0.25) is 0 Å². The van der Waals surface area contributed by atoms with Gasteiger partial charge in [0, 0.05) is 0 Å². The van der Waals surface area contributed by atoms with Crippen LogP contribution in [0.4, 0.5) is 11.4 Å². The molecule has 0 amide bonds. The summed E-state index contributed by atoms with van der Waals surface area (Å²) in [5.74, 6) is 2.36. The molecule has 4 heterocycles. The second-order valence-electron chi connectivity index (χ2n) is 23.2. The summed E-state index contributed by atoms with van der Waals surface area (Å²) in [6, 6.07) is 90.0. The molecule has 0 fully saturated rings. The molecule has 8 heteroatoms. The summed E-state index contributed by atoms with van der Waals surface area (Å²) in [6.45, 7) is 16.0. The number of fused-ring (bicyclic) bond motifs is 8.